The summed E-state index contributed by atoms with van der Waals surface area (Å²) in [7, 11) is 0. The van der Waals surface area contributed by atoms with Gasteiger partial charge in [-0.25, -0.2) is 13.8 Å². The second-order valence-electron chi connectivity index (χ2n) is 10.1. The molecule has 188 valence electrons. The molecule has 0 radical (unpaired) electrons. The van der Waals surface area contributed by atoms with E-state index in [2.05, 4.69) is 9.97 Å². The maximum Gasteiger partial charge on any atom is 0.416 e. The van der Waals surface area contributed by atoms with Crippen LogP contribution in [0.25, 0.3) is 11.0 Å². The molecule has 3 atom stereocenters. The molecule has 2 fully saturated rings. The fraction of sp³-hybridized carbons (Fsp3) is 0.652. The van der Waals surface area contributed by atoms with Crippen LogP contribution >= 0.6 is 0 Å². The molecular formula is C23H29F5N4O2. The van der Waals surface area contributed by atoms with Gasteiger partial charge in [0.15, 0.2) is 5.60 Å². The highest BCUT2D eigenvalue weighted by Crippen LogP contribution is 2.55. The molecule has 2 aromatic rings. The predicted molar refractivity (Wildman–Crippen MR) is 115 cm³/mol. The average molecular weight is 489 g/mol. The number of halogens is 5. The second-order valence-corrected chi connectivity index (χ2v) is 10.1. The van der Waals surface area contributed by atoms with E-state index in [4.69, 9.17) is 16.2 Å². The molecule has 1 unspecified atom stereocenters. The van der Waals surface area contributed by atoms with E-state index in [0.717, 1.165) is 32.3 Å². The molecule has 2 aliphatic rings. The van der Waals surface area contributed by atoms with Gasteiger partial charge in [0.25, 0.3) is 0 Å². The zero-order valence-corrected chi connectivity index (χ0v) is 19.0. The van der Waals surface area contributed by atoms with Crippen LogP contribution in [0.5, 0.6) is 0 Å². The molecule has 2 saturated carbocycles. The summed E-state index contributed by atoms with van der Waals surface area (Å²) >= 11 is 0. The number of hydrogen-bond acceptors (Lipinski definition) is 4. The Labute approximate surface area is 193 Å². The number of ether oxygens (including phenoxy) is 1. The molecular weight excluding hydrogens is 459 g/mol. The minimum atomic E-state index is -4.55. The highest BCUT2D eigenvalue weighted by Gasteiger charge is 2.54. The van der Waals surface area contributed by atoms with Crippen LogP contribution in [0.3, 0.4) is 0 Å². The van der Waals surface area contributed by atoms with Crippen molar-refractivity contribution in [3.05, 3.63) is 29.6 Å². The Hall–Kier alpha value is -2.27. The van der Waals surface area contributed by atoms with Crippen LogP contribution in [0, 0.1) is 17.8 Å². The molecule has 0 bridgehead atoms. The third kappa shape index (κ3) is 4.91. The summed E-state index contributed by atoms with van der Waals surface area (Å²) < 4.78 is 71.2. The quantitative estimate of drug-likeness (QED) is 0.450. The van der Waals surface area contributed by atoms with Gasteiger partial charge in [-0.15, -0.1) is 0 Å². The molecule has 6 nitrogen and oxygen atoms in total. The number of aromatic amines is 1. The Morgan fingerprint density at radius 2 is 1.88 bits per heavy atom. The first kappa shape index (κ1) is 24.8. The van der Waals surface area contributed by atoms with Gasteiger partial charge in [-0.2, -0.15) is 13.2 Å². The largest absolute Gasteiger partial charge is 0.416 e. The molecule has 1 amide bonds. The van der Waals surface area contributed by atoms with Crippen molar-refractivity contribution in [2.75, 3.05) is 6.61 Å². The van der Waals surface area contributed by atoms with Crippen LogP contribution < -0.4 is 11.5 Å². The zero-order valence-electron chi connectivity index (χ0n) is 19.0. The lowest BCUT2D eigenvalue weighted by atomic mass is 9.65. The molecule has 34 heavy (non-hydrogen) atoms. The van der Waals surface area contributed by atoms with Gasteiger partial charge in [-0.05, 0) is 62.1 Å². The van der Waals surface area contributed by atoms with Crippen LogP contribution in [0.1, 0.15) is 62.9 Å². The van der Waals surface area contributed by atoms with Gasteiger partial charge in [-0.1, -0.05) is 6.07 Å². The number of fused-ring (bicyclic) bond motifs is 1. The minimum Gasteiger partial charge on any atom is -0.369 e. The Kier molecular flexibility index (Phi) is 6.17. The highest BCUT2D eigenvalue weighted by atomic mass is 19.4. The fourth-order valence-electron chi connectivity index (χ4n) is 4.78. The molecule has 0 saturated heterocycles. The van der Waals surface area contributed by atoms with Crippen LogP contribution in [0.2, 0.25) is 0 Å². The van der Waals surface area contributed by atoms with Gasteiger partial charge in [0, 0.05) is 18.8 Å². The van der Waals surface area contributed by atoms with Crippen molar-refractivity contribution in [3.63, 3.8) is 0 Å². The topological polar surface area (TPSA) is 107 Å². The maximum atomic E-state index is 13.5. The normalized spacial score (nSPS) is 21.8. The summed E-state index contributed by atoms with van der Waals surface area (Å²) in [5.74, 6) is -4.31. The molecule has 5 N–H and O–H groups in total. The number of rotatable bonds is 9. The summed E-state index contributed by atoms with van der Waals surface area (Å²) in [6, 6.07) is 4.40. The summed E-state index contributed by atoms with van der Waals surface area (Å²) in [5, 5.41) is 0. The van der Waals surface area contributed by atoms with Crippen molar-refractivity contribution in [2.45, 2.75) is 69.2 Å². The first-order chi connectivity index (χ1) is 15.7. The van der Waals surface area contributed by atoms with Gasteiger partial charge in [0.05, 0.1) is 23.7 Å². The van der Waals surface area contributed by atoms with E-state index >= 15 is 0 Å². The third-order valence-electron chi connectivity index (χ3n) is 7.04. The third-order valence-corrected chi connectivity index (χ3v) is 7.04. The standard InChI is InChI=1S/C23H29F5N4O2/c1-21(2,23(26,27)28)34-10-14(29)20-31-15-6-5-12(7-16(15)32-20)17(11-3-4-11)18(19(30)33)13-8-22(24,25)9-13/h5-7,11,13-14,17-18H,3-4,8-10,29H2,1-2H3,(H2,30,33)(H,31,32)/t14-,17-,18?/m0/s1. The summed E-state index contributed by atoms with van der Waals surface area (Å²) in [4.78, 5) is 19.7. The Bertz CT molecular complexity index is 1060. The van der Waals surface area contributed by atoms with E-state index in [-0.39, 0.29) is 30.5 Å². The predicted octanol–water partition coefficient (Wildman–Crippen LogP) is 4.56. The Balaban J connectivity index is 1.55. The lowest BCUT2D eigenvalue weighted by molar-refractivity contribution is -0.264. The molecule has 4 rings (SSSR count). The number of H-pyrrole nitrogens is 1. The first-order valence-electron chi connectivity index (χ1n) is 11.3. The van der Waals surface area contributed by atoms with Crippen molar-refractivity contribution >= 4 is 16.9 Å². The lowest BCUT2D eigenvalue weighted by Gasteiger charge is -2.42. The molecule has 0 aliphatic heterocycles. The van der Waals surface area contributed by atoms with Crippen LogP contribution in [-0.2, 0) is 9.53 Å². The summed E-state index contributed by atoms with van der Waals surface area (Å²) in [6.45, 7) is 1.45. The van der Waals surface area contributed by atoms with Crippen molar-refractivity contribution in [2.24, 2.45) is 29.2 Å². The number of nitrogens with one attached hydrogen (secondary N) is 1. The minimum absolute atomic E-state index is 0.187. The number of imidazole rings is 1. The average Bonchev–Trinajstić information content (AvgIpc) is 3.44. The molecule has 1 aromatic heterocycles. The van der Waals surface area contributed by atoms with Gasteiger partial charge in [0.1, 0.15) is 5.82 Å². The van der Waals surface area contributed by atoms with E-state index in [9.17, 15) is 26.7 Å². The van der Waals surface area contributed by atoms with Crippen LogP contribution in [-0.4, -0.2) is 40.2 Å². The van der Waals surface area contributed by atoms with Gasteiger partial charge < -0.3 is 21.2 Å². The molecule has 0 spiro atoms. The van der Waals surface area contributed by atoms with Gasteiger partial charge in [-0.3, -0.25) is 4.79 Å². The number of benzene rings is 1. The highest BCUT2D eigenvalue weighted by molar-refractivity contribution is 5.80. The summed E-state index contributed by atoms with van der Waals surface area (Å²) in [5.41, 5.74) is 11.3. The van der Waals surface area contributed by atoms with Gasteiger partial charge in [0.2, 0.25) is 11.8 Å². The smallest absolute Gasteiger partial charge is 0.369 e. The number of carbonyl (C=O) groups is 1. The van der Waals surface area contributed by atoms with Crippen LogP contribution in [0.4, 0.5) is 22.0 Å². The van der Waals surface area contributed by atoms with E-state index in [0.29, 0.717) is 11.0 Å². The number of primary amides is 1. The Morgan fingerprint density at radius 3 is 2.41 bits per heavy atom. The number of aromatic nitrogens is 2. The van der Waals surface area contributed by atoms with E-state index in [1.54, 1.807) is 18.2 Å². The second kappa shape index (κ2) is 8.44. The molecule has 1 aromatic carbocycles. The number of hydrogen-bond donors (Lipinski definition) is 3. The van der Waals surface area contributed by atoms with Crippen molar-refractivity contribution in [1.82, 2.24) is 9.97 Å². The number of nitrogens with zero attached hydrogens (tertiary/aromatic N) is 1. The van der Waals surface area contributed by atoms with E-state index in [1.807, 2.05) is 0 Å². The number of alkyl halides is 5. The Morgan fingerprint density at radius 1 is 1.24 bits per heavy atom. The molecule has 1 heterocycles. The van der Waals surface area contributed by atoms with E-state index in [1.165, 1.54) is 0 Å². The molecule has 11 heteroatoms. The first-order valence-corrected chi connectivity index (χ1v) is 11.3. The zero-order chi connectivity index (χ0) is 25.1. The number of carbonyl (C=O) groups excluding carboxylic acids is 1. The molecule has 2 aliphatic carbocycles. The maximum absolute atomic E-state index is 13.5. The number of amides is 1. The fourth-order valence-corrected chi connectivity index (χ4v) is 4.78. The monoisotopic (exact) mass is 488 g/mol. The van der Waals surface area contributed by atoms with Gasteiger partial charge >= 0.3 is 6.18 Å². The van der Waals surface area contributed by atoms with Crippen LogP contribution in [0.15, 0.2) is 18.2 Å². The summed E-state index contributed by atoms with van der Waals surface area (Å²) in [6.07, 6.45) is -3.45. The lowest BCUT2D eigenvalue weighted by Crippen LogP contribution is -2.46. The van der Waals surface area contributed by atoms with E-state index < -0.39 is 48.1 Å². The number of nitrogens with two attached hydrogens (primary N) is 2. The SMILES string of the molecule is CC(C)(OC[C@H](N)c1nc2ccc([C@H](C3CC3)C(C(N)=O)C3CC(F)(F)C3)cc2[nH]1)C(F)(F)F. The van der Waals surface area contributed by atoms with Crippen molar-refractivity contribution in [3.8, 4) is 0 Å². The van der Waals surface area contributed by atoms with Crippen molar-refractivity contribution in [1.29, 1.82) is 0 Å². The van der Waals surface area contributed by atoms with Crippen molar-refractivity contribution < 1.29 is 31.5 Å².